The van der Waals surface area contributed by atoms with Crippen molar-refractivity contribution in [1.29, 1.82) is 0 Å². The molecule has 0 aliphatic carbocycles. The average Bonchev–Trinajstić information content (AvgIpc) is 2.45. The number of piperidine rings is 1. The van der Waals surface area contributed by atoms with Crippen LogP contribution in [0.5, 0.6) is 0 Å². The second-order valence-electron chi connectivity index (χ2n) is 5.79. The second-order valence-corrected chi connectivity index (χ2v) is 5.79. The first kappa shape index (κ1) is 15.8. The molecule has 0 bridgehead atoms. The highest BCUT2D eigenvalue weighted by Crippen LogP contribution is 2.32. The van der Waals surface area contributed by atoms with E-state index in [1.807, 2.05) is 6.92 Å². The van der Waals surface area contributed by atoms with Crippen LogP contribution in [-0.2, 0) is 6.18 Å². The number of amides is 1. The lowest BCUT2D eigenvalue weighted by Crippen LogP contribution is -2.43. The molecule has 116 valence electrons. The first-order chi connectivity index (χ1) is 9.82. The van der Waals surface area contributed by atoms with E-state index in [-0.39, 0.29) is 11.0 Å². The molecule has 1 aromatic rings. The molecule has 0 atom stereocenters. The number of hydrogen-bond donors (Lipinski definition) is 2. The number of carbonyl (C=O) groups is 1. The molecule has 3 nitrogen and oxygen atoms in total. The van der Waals surface area contributed by atoms with Crippen LogP contribution >= 0.6 is 0 Å². The SMILES string of the molecule is CC1(CNC(=O)c2ccccc2C(F)(F)F)CCNCC1. The molecule has 21 heavy (non-hydrogen) atoms. The molecule has 0 radical (unpaired) electrons. The molecule has 1 amide bonds. The van der Waals surface area contributed by atoms with Crippen LogP contribution in [-0.4, -0.2) is 25.5 Å². The van der Waals surface area contributed by atoms with Gasteiger partial charge in [-0.05, 0) is 43.5 Å². The van der Waals surface area contributed by atoms with Gasteiger partial charge in [0.1, 0.15) is 0 Å². The molecule has 1 aromatic carbocycles. The lowest BCUT2D eigenvalue weighted by Gasteiger charge is -2.34. The Balaban J connectivity index is 2.07. The molecule has 0 aromatic heterocycles. The minimum atomic E-state index is -4.52. The number of hydrogen-bond acceptors (Lipinski definition) is 2. The molecule has 0 saturated carbocycles. The Labute approximate surface area is 121 Å². The van der Waals surface area contributed by atoms with Gasteiger partial charge in [0.05, 0.1) is 11.1 Å². The predicted molar refractivity (Wildman–Crippen MR) is 74.0 cm³/mol. The fourth-order valence-corrected chi connectivity index (χ4v) is 2.52. The second kappa shape index (κ2) is 6.05. The highest BCUT2D eigenvalue weighted by atomic mass is 19.4. The number of nitrogens with one attached hydrogen (secondary N) is 2. The summed E-state index contributed by atoms with van der Waals surface area (Å²) in [5.41, 5.74) is -1.27. The van der Waals surface area contributed by atoms with E-state index in [1.165, 1.54) is 18.2 Å². The maximum absolute atomic E-state index is 12.9. The van der Waals surface area contributed by atoms with Crippen molar-refractivity contribution in [3.8, 4) is 0 Å². The maximum atomic E-state index is 12.9. The fraction of sp³-hybridized carbons (Fsp3) is 0.533. The van der Waals surface area contributed by atoms with E-state index < -0.39 is 17.6 Å². The molecule has 0 unspecified atom stereocenters. The highest BCUT2D eigenvalue weighted by Gasteiger charge is 2.35. The molecule has 1 heterocycles. The van der Waals surface area contributed by atoms with Crippen molar-refractivity contribution in [3.05, 3.63) is 35.4 Å². The minimum Gasteiger partial charge on any atom is -0.351 e. The highest BCUT2D eigenvalue weighted by molar-refractivity contribution is 5.95. The van der Waals surface area contributed by atoms with Crippen molar-refractivity contribution in [1.82, 2.24) is 10.6 Å². The summed E-state index contributed by atoms with van der Waals surface area (Å²) in [5.74, 6) is -0.664. The maximum Gasteiger partial charge on any atom is 0.417 e. The van der Waals surface area contributed by atoms with E-state index in [4.69, 9.17) is 0 Å². The molecule has 1 aliphatic rings. The molecule has 1 aliphatic heterocycles. The first-order valence-corrected chi connectivity index (χ1v) is 6.97. The molecule has 0 spiro atoms. The molecular weight excluding hydrogens is 281 g/mol. The van der Waals surface area contributed by atoms with Crippen molar-refractivity contribution in [3.63, 3.8) is 0 Å². The Bertz CT molecular complexity index is 508. The zero-order chi connectivity index (χ0) is 15.5. The molecule has 1 fully saturated rings. The van der Waals surface area contributed by atoms with Crippen molar-refractivity contribution in [2.45, 2.75) is 25.9 Å². The van der Waals surface area contributed by atoms with Crippen LogP contribution in [0.15, 0.2) is 24.3 Å². The van der Waals surface area contributed by atoms with Gasteiger partial charge in [0.2, 0.25) is 0 Å². The summed E-state index contributed by atoms with van der Waals surface area (Å²) < 4.78 is 38.7. The topological polar surface area (TPSA) is 41.1 Å². The monoisotopic (exact) mass is 300 g/mol. The van der Waals surface area contributed by atoms with Gasteiger partial charge in [-0.3, -0.25) is 4.79 Å². The standard InChI is InChI=1S/C15H19F3N2O/c1-14(6-8-19-9-7-14)10-20-13(21)11-4-2-3-5-12(11)15(16,17)18/h2-5,19H,6-10H2,1H3,(H,20,21). The third-order valence-corrected chi connectivity index (χ3v) is 3.96. The Morgan fingerprint density at radius 1 is 1.29 bits per heavy atom. The predicted octanol–water partition coefficient (Wildman–Crippen LogP) is 2.82. The number of halogens is 3. The van der Waals surface area contributed by atoms with E-state index in [9.17, 15) is 18.0 Å². The molecule has 2 rings (SSSR count). The van der Waals surface area contributed by atoms with Crippen LogP contribution in [0.3, 0.4) is 0 Å². The summed E-state index contributed by atoms with van der Waals surface area (Å²) in [4.78, 5) is 12.1. The van der Waals surface area contributed by atoms with E-state index in [1.54, 1.807) is 0 Å². The summed E-state index contributed by atoms with van der Waals surface area (Å²) in [7, 11) is 0. The van der Waals surface area contributed by atoms with Gasteiger partial charge in [0.25, 0.3) is 5.91 Å². The number of rotatable bonds is 3. The van der Waals surface area contributed by atoms with Crippen molar-refractivity contribution < 1.29 is 18.0 Å². The number of carbonyl (C=O) groups excluding carboxylic acids is 1. The Morgan fingerprint density at radius 3 is 2.52 bits per heavy atom. The Kier molecular flexibility index (Phi) is 4.56. The van der Waals surface area contributed by atoms with Gasteiger partial charge in [0.15, 0.2) is 0 Å². The molecule has 6 heteroatoms. The summed E-state index contributed by atoms with van der Waals surface area (Å²) in [6.45, 7) is 4.17. The lowest BCUT2D eigenvalue weighted by atomic mass is 9.81. The van der Waals surface area contributed by atoms with Crippen LogP contribution in [0.25, 0.3) is 0 Å². The van der Waals surface area contributed by atoms with Gasteiger partial charge < -0.3 is 10.6 Å². The van der Waals surface area contributed by atoms with Gasteiger partial charge in [-0.1, -0.05) is 19.1 Å². The van der Waals surface area contributed by atoms with Crippen molar-refractivity contribution >= 4 is 5.91 Å². The Morgan fingerprint density at radius 2 is 1.90 bits per heavy atom. The van der Waals surface area contributed by atoms with E-state index in [0.717, 1.165) is 32.0 Å². The number of benzene rings is 1. The minimum absolute atomic E-state index is 0.0614. The van der Waals surface area contributed by atoms with Crippen LogP contribution < -0.4 is 10.6 Å². The summed E-state index contributed by atoms with van der Waals surface area (Å²) in [6.07, 6.45) is -2.73. The van der Waals surface area contributed by atoms with Crippen LogP contribution in [0.2, 0.25) is 0 Å². The van der Waals surface area contributed by atoms with E-state index in [2.05, 4.69) is 10.6 Å². The molecule has 1 saturated heterocycles. The van der Waals surface area contributed by atoms with Gasteiger partial charge in [-0.2, -0.15) is 13.2 Å². The zero-order valence-corrected chi connectivity index (χ0v) is 11.9. The van der Waals surface area contributed by atoms with Crippen LogP contribution in [0.4, 0.5) is 13.2 Å². The summed E-state index contributed by atoms with van der Waals surface area (Å²) in [5, 5.41) is 5.88. The van der Waals surface area contributed by atoms with Crippen LogP contribution in [0, 0.1) is 5.41 Å². The smallest absolute Gasteiger partial charge is 0.351 e. The quantitative estimate of drug-likeness (QED) is 0.901. The lowest BCUT2D eigenvalue weighted by molar-refractivity contribution is -0.137. The zero-order valence-electron chi connectivity index (χ0n) is 11.9. The van der Waals surface area contributed by atoms with Gasteiger partial charge >= 0.3 is 6.18 Å². The molecule has 2 N–H and O–H groups in total. The van der Waals surface area contributed by atoms with Gasteiger partial charge in [0, 0.05) is 6.54 Å². The summed E-state index contributed by atoms with van der Waals surface area (Å²) in [6, 6.07) is 4.87. The van der Waals surface area contributed by atoms with E-state index >= 15 is 0 Å². The third-order valence-electron chi connectivity index (χ3n) is 3.96. The van der Waals surface area contributed by atoms with Gasteiger partial charge in [-0.25, -0.2) is 0 Å². The Hall–Kier alpha value is -1.56. The largest absolute Gasteiger partial charge is 0.417 e. The summed E-state index contributed by atoms with van der Waals surface area (Å²) >= 11 is 0. The third kappa shape index (κ3) is 3.97. The van der Waals surface area contributed by atoms with Crippen molar-refractivity contribution in [2.75, 3.05) is 19.6 Å². The van der Waals surface area contributed by atoms with E-state index in [0.29, 0.717) is 6.54 Å². The molecular formula is C15H19F3N2O. The van der Waals surface area contributed by atoms with Gasteiger partial charge in [-0.15, -0.1) is 0 Å². The normalized spacial score (nSPS) is 18.3. The van der Waals surface area contributed by atoms with Crippen molar-refractivity contribution in [2.24, 2.45) is 5.41 Å². The fourth-order valence-electron chi connectivity index (χ4n) is 2.52. The number of alkyl halides is 3. The van der Waals surface area contributed by atoms with Crippen LogP contribution in [0.1, 0.15) is 35.7 Å². The average molecular weight is 300 g/mol. The first-order valence-electron chi connectivity index (χ1n) is 6.97.